The van der Waals surface area contributed by atoms with Crippen LogP contribution in [-0.2, 0) is 28.9 Å². The Kier molecular flexibility index (Phi) is 5.88. The first-order chi connectivity index (χ1) is 13.7. The van der Waals surface area contributed by atoms with Crippen LogP contribution in [0.2, 0.25) is 0 Å². The van der Waals surface area contributed by atoms with Crippen molar-refractivity contribution in [1.82, 2.24) is 9.62 Å². The molecule has 6 heteroatoms. The van der Waals surface area contributed by atoms with Gasteiger partial charge in [-0.15, -0.1) is 0 Å². The molecular weight excluding hydrogens is 372 g/mol. The molecule has 28 heavy (non-hydrogen) atoms. The van der Waals surface area contributed by atoms with Crippen LogP contribution in [0, 0.1) is 0 Å². The van der Waals surface area contributed by atoms with Crippen molar-refractivity contribution in [3.8, 4) is 5.75 Å². The number of rotatable bonds is 6. The fourth-order valence-electron chi connectivity index (χ4n) is 3.61. The van der Waals surface area contributed by atoms with Crippen molar-refractivity contribution < 1.29 is 13.7 Å². The molecule has 0 spiro atoms. The lowest BCUT2D eigenvalue weighted by Crippen LogP contribution is -2.29. The van der Waals surface area contributed by atoms with Gasteiger partial charge >= 0.3 is 0 Å². The zero-order valence-electron chi connectivity index (χ0n) is 15.7. The van der Waals surface area contributed by atoms with E-state index in [2.05, 4.69) is 33.9 Å². The number of piperidine rings is 1. The van der Waals surface area contributed by atoms with Gasteiger partial charge in [0.05, 0.1) is 4.91 Å². The molecule has 146 valence electrons. The Morgan fingerprint density at radius 3 is 2.46 bits per heavy atom. The van der Waals surface area contributed by atoms with Crippen LogP contribution >= 0.6 is 0 Å². The SMILES string of the molecule is O=C1C=C(c2ccc(OCc3cccc(CN4CCCCC4)c3)cc2)S(=O)N1. The number of hydrogen-bond donors (Lipinski definition) is 1. The number of likely N-dealkylation sites (tertiary alicyclic amines) is 1. The first-order valence-corrected chi connectivity index (χ1v) is 10.8. The molecule has 2 aliphatic heterocycles. The lowest BCUT2D eigenvalue weighted by atomic mass is 10.1. The van der Waals surface area contributed by atoms with Crippen LogP contribution < -0.4 is 9.46 Å². The Hall–Kier alpha value is -2.44. The lowest BCUT2D eigenvalue weighted by molar-refractivity contribution is -0.114. The Labute approximate surface area is 168 Å². The van der Waals surface area contributed by atoms with Gasteiger partial charge in [-0.05, 0) is 54.8 Å². The lowest BCUT2D eigenvalue weighted by Gasteiger charge is -2.26. The molecule has 1 amide bonds. The van der Waals surface area contributed by atoms with Crippen molar-refractivity contribution in [1.29, 1.82) is 0 Å². The molecule has 1 N–H and O–H groups in total. The second-order valence-corrected chi connectivity index (χ2v) is 8.39. The molecular formula is C22H24N2O3S. The van der Waals surface area contributed by atoms with Crippen molar-refractivity contribution in [2.45, 2.75) is 32.4 Å². The minimum atomic E-state index is -1.47. The summed E-state index contributed by atoms with van der Waals surface area (Å²) in [6.45, 7) is 3.88. The van der Waals surface area contributed by atoms with Gasteiger partial charge in [0.15, 0.2) is 11.0 Å². The van der Waals surface area contributed by atoms with Gasteiger partial charge in [0, 0.05) is 12.6 Å². The van der Waals surface area contributed by atoms with Crippen molar-refractivity contribution in [3.63, 3.8) is 0 Å². The number of carbonyl (C=O) groups excluding carboxylic acids is 1. The Morgan fingerprint density at radius 2 is 1.75 bits per heavy atom. The van der Waals surface area contributed by atoms with Gasteiger partial charge in [-0.2, -0.15) is 0 Å². The van der Waals surface area contributed by atoms with Gasteiger partial charge < -0.3 is 4.74 Å². The number of amides is 1. The molecule has 0 aliphatic carbocycles. The minimum Gasteiger partial charge on any atom is -0.489 e. The number of benzene rings is 2. The third-order valence-electron chi connectivity index (χ3n) is 5.05. The molecule has 0 aromatic heterocycles. The summed E-state index contributed by atoms with van der Waals surface area (Å²) < 4.78 is 20.1. The second-order valence-electron chi connectivity index (χ2n) is 7.21. The summed E-state index contributed by atoms with van der Waals surface area (Å²) >= 11 is 0. The fraction of sp³-hybridized carbons (Fsp3) is 0.318. The number of hydrogen-bond acceptors (Lipinski definition) is 4. The van der Waals surface area contributed by atoms with Gasteiger partial charge in [0.1, 0.15) is 12.4 Å². The summed E-state index contributed by atoms with van der Waals surface area (Å²) in [5.41, 5.74) is 3.23. The van der Waals surface area contributed by atoms with E-state index in [1.807, 2.05) is 24.3 Å². The van der Waals surface area contributed by atoms with Crippen LogP contribution in [0.15, 0.2) is 54.6 Å². The van der Waals surface area contributed by atoms with Gasteiger partial charge in [-0.1, -0.05) is 42.8 Å². The summed E-state index contributed by atoms with van der Waals surface area (Å²) in [7, 11) is -1.47. The Bertz CT molecular complexity index is 902. The van der Waals surface area contributed by atoms with Crippen molar-refractivity contribution in [2.24, 2.45) is 0 Å². The molecule has 0 saturated carbocycles. The van der Waals surface area contributed by atoms with Crippen LogP contribution in [0.5, 0.6) is 5.75 Å². The van der Waals surface area contributed by atoms with Crippen LogP contribution in [0.3, 0.4) is 0 Å². The summed E-state index contributed by atoms with van der Waals surface area (Å²) in [5.74, 6) is 0.423. The molecule has 1 fully saturated rings. The highest BCUT2D eigenvalue weighted by molar-refractivity contribution is 7.93. The third-order valence-corrected chi connectivity index (χ3v) is 6.19. The summed E-state index contributed by atoms with van der Waals surface area (Å²) in [4.78, 5) is 14.3. The quantitative estimate of drug-likeness (QED) is 0.813. The Morgan fingerprint density at radius 1 is 1.00 bits per heavy atom. The third kappa shape index (κ3) is 4.69. The summed E-state index contributed by atoms with van der Waals surface area (Å²) in [5, 5.41) is 0. The van der Waals surface area contributed by atoms with E-state index in [9.17, 15) is 9.00 Å². The Balaban J connectivity index is 1.35. The molecule has 1 saturated heterocycles. The van der Waals surface area contributed by atoms with Crippen LogP contribution in [0.4, 0.5) is 0 Å². The molecule has 2 aliphatic rings. The fourth-order valence-corrected chi connectivity index (χ4v) is 4.53. The van der Waals surface area contributed by atoms with Gasteiger partial charge in [0.25, 0.3) is 5.91 Å². The van der Waals surface area contributed by atoms with Crippen LogP contribution in [-0.4, -0.2) is 28.1 Å². The maximum atomic E-state index is 11.8. The van der Waals surface area contributed by atoms with Gasteiger partial charge in [-0.25, -0.2) is 4.21 Å². The average Bonchev–Trinajstić information content (AvgIpc) is 3.06. The predicted octanol–water partition coefficient (Wildman–Crippen LogP) is 3.39. The number of nitrogens with zero attached hydrogens (tertiary/aromatic N) is 1. The van der Waals surface area contributed by atoms with Crippen molar-refractivity contribution in [2.75, 3.05) is 13.1 Å². The summed E-state index contributed by atoms with van der Waals surface area (Å²) in [6.07, 6.45) is 5.32. The predicted molar refractivity (Wildman–Crippen MR) is 111 cm³/mol. The van der Waals surface area contributed by atoms with E-state index in [-0.39, 0.29) is 5.91 Å². The smallest absolute Gasteiger partial charge is 0.257 e. The minimum absolute atomic E-state index is 0.321. The largest absolute Gasteiger partial charge is 0.489 e. The highest BCUT2D eigenvalue weighted by Crippen LogP contribution is 2.24. The number of ether oxygens (including phenoxy) is 1. The monoisotopic (exact) mass is 396 g/mol. The molecule has 2 aromatic rings. The molecule has 0 bridgehead atoms. The van der Waals surface area contributed by atoms with E-state index in [1.54, 1.807) is 0 Å². The van der Waals surface area contributed by atoms with Gasteiger partial charge in [-0.3, -0.25) is 14.4 Å². The summed E-state index contributed by atoms with van der Waals surface area (Å²) in [6, 6.07) is 15.9. The molecule has 5 nitrogen and oxygen atoms in total. The van der Waals surface area contributed by atoms with Crippen molar-refractivity contribution in [3.05, 3.63) is 71.3 Å². The highest BCUT2D eigenvalue weighted by Gasteiger charge is 2.20. The topological polar surface area (TPSA) is 58.6 Å². The average molecular weight is 397 g/mol. The van der Waals surface area contributed by atoms with Crippen LogP contribution in [0.1, 0.15) is 36.0 Å². The standard InChI is InChI=1S/C22H24N2O3S/c25-22-14-21(28(26)23-22)19-7-9-20(10-8-19)27-16-18-6-4-5-17(13-18)15-24-11-2-1-3-12-24/h4-10,13-14H,1-3,11-12,15-16H2,(H,23,25). The van der Waals surface area contributed by atoms with Crippen LogP contribution in [0.25, 0.3) is 4.91 Å². The van der Waals surface area contributed by atoms with E-state index < -0.39 is 11.0 Å². The second kappa shape index (κ2) is 8.71. The maximum absolute atomic E-state index is 11.8. The van der Waals surface area contributed by atoms with E-state index in [0.717, 1.165) is 23.4 Å². The molecule has 0 radical (unpaired) electrons. The zero-order chi connectivity index (χ0) is 19.3. The van der Waals surface area contributed by atoms with Crippen molar-refractivity contribution >= 4 is 21.8 Å². The molecule has 1 atom stereocenters. The first-order valence-electron chi connectivity index (χ1n) is 9.65. The molecule has 4 rings (SSSR count). The van der Waals surface area contributed by atoms with E-state index >= 15 is 0 Å². The molecule has 1 unspecified atom stereocenters. The normalized spacial score (nSPS) is 19.9. The van der Waals surface area contributed by atoms with E-state index in [1.165, 1.54) is 44.0 Å². The maximum Gasteiger partial charge on any atom is 0.257 e. The van der Waals surface area contributed by atoms with E-state index in [4.69, 9.17) is 4.74 Å². The number of carbonyl (C=O) groups is 1. The zero-order valence-corrected chi connectivity index (χ0v) is 16.5. The first kappa shape index (κ1) is 18.9. The van der Waals surface area contributed by atoms with E-state index in [0.29, 0.717) is 11.5 Å². The highest BCUT2D eigenvalue weighted by atomic mass is 32.2. The molecule has 2 aromatic carbocycles. The molecule has 2 heterocycles. The number of nitrogens with one attached hydrogen (secondary N) is 1. The van der Waals surface area contributed by atoms with Gasteiger partial charge in [0.2, 0.25) is 0 Å².